The van der Waals surface area contributed by atoms with Crippen molar-refractivity contribution in [2.45, 2.75) is 12.3 Å². The monoisotopic (exact) mass is 485 g/mol. The lowest BCUT2D eigenvalue weighted by Crippen LogP contribution is -2.26. The topological polar surface area (TPSA) is 110 Å². The molecule has 2 aromatic heterocycles. The van der Waals surface area contributed by atoms with Crippen LogP contribution in [0.15, 0.2) is 80.9 Å². The zero-order chi connectivity index (χ0) is 24.3. The molecular formula is C27H16ClNO6. The van der Waals surface area contributed by atoms with Crippen molar-refractivity contribution in [1.82, 2.24) is 4.98 Å². The Morgan fingerprint density at radius 1 is 1.00 bits per heavy atom. The number of H-pyrrole nitrogens is 1. The second-order valence-corrected chi connectivity index (χ2v) is 8.81. The van der Waals surface area contributed by atoms with E-state index in [1.807, 2.05) is 18.2 Å². The third kappa shape index (κ3) is 3.40. The molecule has 0 aliphatic carbocycles. The van der Waals surface area contributed by atoms with E-state index in [4.69, 9.17) is 20.8 Å². The lowest BCUT2D eigenvalue weighted by atomic mass is 9.85. The number of halogens is 1. The van der Waals surface area contributed by atoms with Crippen LogP contribution in [-0.4, -0.2) is 16.1 Å². The molecule has 1 aliphatic heterocycles. The van der Waals surface area contributed by atoms with Crippen molar-refractivity contribution in [3.8, 4) is 22.6 Å². The average molecular weight is 486 g/mol. The third-order valence-electron chi connectivity index (χ3n) is 6.28. The molecule has 1 atom stereocenters. The quantitative estimate of drug-likeness (QED) is 0.266. The zero-order valence-electron chi connectivity index (χ0n) is 18.0. The summed E-state index contributed by atoms with van der Waals surface area (Å²) in [5, 5.41) is 12.0. The molecule has 35 heavy (non-hydrogen) atoms. The van der Waals surface area contributed by atoms with E-state index in [0.29, 0.717) is 27.2 Å². The van der Waals surface area contributed by atoms with E-state index in [0.717, 1.165) is 5.39 Å². The van der Waals surface area contributed by atoms with Gasteiger partial charge in [-0.15, -0.1) is 0 Å². The molecule has 0 fully saturated rings. The van der Waals surface area contributed by atoms with Crippen molar-refractivity contribution >= 4 is 39.4 Å². The number of carbonyl (C=O) groups is 1. The zero-order valence-corrected chi connectivity index (χ0v) is 18.8. The summed E-state index contributed by atoms with van der Waals surface area (Å²) in [6.45, 7) is 0. The molecule has 8 heteroatoms. The predicted molar refractivity (Wildman–Crippen MR) is 131 cm³/mol. The fraction of sp³-hybridized carbons (Fsp3) is 0.0741. The summed E-state index contributed by atoms with van der Waals surface area (Å²) < 4.78 is 11.3. The Labute approximate surface area is 202 Å². The first kappa shape index (κ1) is 21.2. The van der Waals surface area contributed by atoms with Crippen LogP contribution < -0.4 is 15.7 Å². The van der Waals surface area contributed by atoms with Gasteiger partial charge < -0.3 is 19.2 Å². The fourth-order valence-corrected chi connectivity index (χ4v) is 4.78. The van der Waals surface area contributed by atoms with Crippen LogP contribution >= 0.6 is 11.6 Å². The number of rotatable bonds is 2. The van der Waals surface area contributed by atoms with Crippen molar-refractivity contribution < 1.29 is 19.1 Å². The van der Waals surface area contributed by atoms with Crippen LogP contribution in [0, 0.1) is 0 Å². The molecule has 172 valence electrons. The van der Waals surface area contributed by atoms with Crippen LogP contribution in [0.25, 0.3) is 33.0 Å². The molecule has 3 aromatic carbocycles. The number of ether oxygens (including phenoxy) is 1. The van der Waals surface area contributed by atoms with Crippen molar-refractivity contribution in [3.63, 3.8) is 0 Å². The van der Waals surface area contributed by atoms with Gasteiger partial charge in [0, 0.05) is 33.7 Å². The highest BCUT2D eigenvalue weighted by atomic mass is 35.5. The van der Waals surface area contributed by atoms with Crippen LogP contribution in [-0.2, 0) is 4.79 Å². The van der Waals surface area contributed by atoms with Gasteiger partial charge in [-0.3, -0.25) is 14.4 Å². The van der Waals surface area contributed by atoms with Gasteiger partial charge in [0.05, 0.1) is 12.0 Å². The number of nitrogens with one attached hydrogen (secondary N) is 1. The number of aromatic hydroxyl groups is 1. The van der Waals surface area contributed by atoms with Crippen LogP contribution in [0.1, 0.15) is 23.5 Å². The van der Waals surface area contributed by atoms with E-state index in [1.54, 1.807) is 36.4 Å². The molecule has 0 amide bonds. The number of phenolic OH excluding ortho intramolecular Hbond substituents is 1. The normalized spacial score (nSPS) is 15.2. The number of pyridine rings is 1. The molecule has 3 heterocycles. The number of esters is 1. The van der Waals surface area contributed by atoms with Crippen molar-refractivity contribution in [3.05, 3.63) is 104 Å². The Hall–Kier alpha value is -4.36. The van der Waals surface area contributed by atoms with Crippen LogP contribution in [0.5, 0.6) is 11.5 Å². The molecule has 2 N–H and O–H groups in total. The maximum absolute atomic E-state index is 13.4. The highest BCUT2D eigenvalue weighted by Crippen LogP contribution is 2.45. The lowest BCUT2D eigenvalue weighted by molar-refractivity contribution is -0.135. The van der Waals surface area contributed by atoms with Gasteiger partial charge in [0.2, 0.25) is 5.43 Å². The molecule has 0 bridgehead atoms. The van der Waals surface area contributed by atoms with E-state index in [9.17, 15) is 19.5 Å². The smallest absolute Gasteiger partial charge is 0.312 e. The standard InChI is InChI=1S/C27H16ClNO6/c28-15-7-5-13(6-8-15)18-12-34-26-23-16(17-9-14-3-1-2-4-19(14)29-27(17)33)10-22(31)35-21(23)11-20(30)24(26)25(18)32/h1-9,11-12,16,30H,10H2,(H,29,33). The number of phenols is 1. The predicted octanol–water partition coefficient (Wildman–Crippen LogP) is 5.10. The highest BCUT2D eigenvalue weighted by Gasteiger charge is 2.35. The average Bonchev–Trinajstić information content (AvgIpc) is 2.83. The first-order valence-corrected chi connectivity index (χ1v) is 11.2. The van der Waals surface area contributed by atoms with Gasteiger partial charge in [0.1, 0.15) is 28.7 Å². The van der Waals surface area contributed by atoms with Crippen LogP contribution in [0.4, 0.5) is 0 Å². The van der Waals surface area contributed by atoms with E-state index in [2.05, 4.69) is 4.98 Å². The summed E-state index contributed by atoms with van der Waals surface area (Å²) in [4.78, 5) is 41.8. The Morgan fingerprint density at radius 2 is 1.77 bits per heavy atom. The number of hydrogen-bond donors (Lipinski definition) is 2. The minimum Gasteiger partial charge on any atom is -0.507 e. The molecule has 7 nitrogen and oxygen atoms in total. The number of benzene rings is 3. The van der Waals surface area contributed by atoms with E-state index >= 15 is 0 Å². The molecule has 0 radical (unpaired) electrons. The minimum atomic E-state index is -0.743. The van der Waals surface area contributed by atoms with E-state index in [1.165, 1.54) is 12.3 Å². The molecule has 0 saturated heterocycles. The van der Waals surface area contributed by atoms with Gasteiger partial charge in [-0.25, -0.2) is 0 Å². The number of fused-ring (bicyclic) bond motifs is 4. The number of carbonyl (C=O) groups excluding carboxylic acids is 1. The first-order valence-electron chi connectivity index (χ1n) is 10.8. The number of aromatic amines is 1. The Balaban J connectivity index is 1.63. The third-order valence-corrected chi connectivity index (χ3v) is 6.54. The maximum Gasteiger partial charge on any atom is 0.312 e. The van der Waals surface area contributed by atoms with Crippen LogP contribution in [0.2, 0.25) is 5.02 Å². The van der Waals surface area contributed by atoms with Crippen molar-refractivity contribution in [1.29, 1.82) is 0 Å². The highest BCUT2D eigenvalue weighted by molar-refractivity contribution is 6.30. The molecule has 0 spiro atoms. The summed E-state index contributed by atoms with van der Waals surface area (Å²) in [6, 6.07) is 16.9. The van der Waals surface area contributed by atoms with Gasteiger partial charge >= 0.3 is 5.97 Å². The van der Waals surface area contributed by atoms with Gasteiger partial charge in [0.25, 0.3) is 5.56 Å². The second kappa shape index (κ2) is 7.85. The summed E-state index contributed by atoms with van der Waals surface area (Å²) in [7, 11) is 0. The molecular weight excluding hydrogens is 470 g/mol. The van der Waals surface area contributed by atoms with Gasteiger partial charge in [-0.2, -0.15) is 0 Å². The summed E-state index contributed by atoms with van der Waals surface area (Å²) in [5.41, 5.74) is 1.39. The van der Waals surface area contributed by atoms with Crippen LogP contribution in [0.3, 0.4) is 0 Å². The Kier molecular flexibility index (Phi) is 4.76. The van der Waals surface area contributed by atoms with Gasteiger partial charge in [0.15, 0.2) is 0 Å². The molecule has 0 saturated carbocycles. The Bertz CT molecular complexity index is 1790. The molecule has 1 unspecified atom stereocenters. The lowest BCUT2D eigenvalue weighted by Gasteiger charge is -2.25. The van der Waals surface area contributed by atoms with E-state index < -0.39 is 17.3 Å². The summed E-state index contributed by atoms with van der Waals surface area (Å²) in [5.74, 6) is -1.64. The van der Waals surface area contributed by atoms with E-state index in [-0.39, 0.29) is 40.0 Å². The van der Waals surface area contributed by atoms with Crippen molar-refractivity contribution in [2.75, 3.05) is 0 Å². The summed E-state index contributed by atoms with van der Waals surface area (Å²) >= 11 is 5.96. The minimum absolute atomic E-state index is 0.0474. The number of aromatic nitrogens is 1. The number of hydrogen-bond acceptors (Lipinski definition) is 6. The largest absolute Gasteiger partial charge is 0.507 e. The van der Waals surface area contributed by atoms with Gasteiger partial charge in [-0.05, 0) is 35.2 Å². The molecule has 6 rings (SSSR count). The number of para-hydroxylation sites is 1. The van der Waals surface area contributed by atoms with Crippen molar-refractivity contribution in [2.24, 2.45) is 0 Å². The fourth-order valence-electron chi connectivity index (χ4n) is 4.65. The SMILES string of the molecule is O=C1CC(c2cc3ccccc3[nH]c2=O)c2c(cc(O)c3c(=O)c(-c4ccc(Cl)cc4)coc23)O1. The second-order valence-electron chi connectivity index (χ2n) is 8.37. The maximum atomic E-state index is 13.4. The summed E-state index contributed by atoms with van der Waals surface area (Å²) in [6.07, 6.45) is 1.17. The molecule has 5 aromatic rings. The Morgan fingerprint density at radius 3 is 2.57 bits per heavy atom. The van der Waals surface area contributed by atoms with Gasteiger partial charge in [-0.1, -0.05) is 41.9 Å². The molecule has 1 aliphatic rings. The first-order chi connectivity index (χ1) is 16.9.